The Bertz CT molecular complexity index is 730. The number of nitrogens with zero attached hydrogens (tertiary/aromatic N) is 2. The van der Waals surface area contributed by atoms with Gasteiger partial charge >= 0.3 is 5.97 Å². The molecule has 6 heteroatoms. The summed E-state index contributed by atoms with van der Waals surface area (Å²) in [6.07, 6.45) is 1.43. The number of ether oxygens (including phenoxy) is 1. The molecule has 0 aliphatic rings. The number of rotatable bonds is 4. The average Bonchev–Trinajstić information content (AvgIpc) is 2.72. The van der Waals surface area contributed by atoms with Crippen molar-refractivity contribution in [2.45, 2.75) is 40.7 Å². The zero-order valence-corrected chi connectivity index (χ0v) is 13.8. The van der Waals surface area contributed by atoms with Crippen LogP contribution < -0.4 is 5.56 Å². The highest BCUT2D eigenvalue weighted by molar-refractivity contribution is 7.18. The second-order valence-electron chi connectivity index (χ2n) is 5.62. The van der Waals surface area contributed by atoms with Crippen LogP contribution in [0.4, 0.5) is 0 Å². The van der Waals surface area contributed by atoms with Gasteiger partial charge in [-0.15, -0.1) is 11.3 Å². The molecule has 0 saturated heterocycles. The van der Waals surface area contributed by atoms with Crippen molar-refractivity contribution in [2.75, 3.05) is 6.61 Å². The Kier molecular flexibility index (Phi) is 4.46. The third-order valence-corrected chi connectivity index (χ3v) is 4.55. The van der Waals surface area contributed by atoms with E-state index in [4.69, 9.17) is 4.74 Å². The molecule has 0 bridgehead atoms. The Labute approximate surface area is 127 Å². The van der Waals surface area contributed by atoms with Crippen LogP contribution in [0.5, 0.6) is 0 Å². The summed E-state index contributed by atoms with van der Waals surface area (Å²) in [5, 5.41) is 0.600. The highest BCUT2D eigenvalue weighted by atomic mass is 32.1. The summed E-state index contributed by atoms with van der Waals surface area (Å²) in [6.45, 7) is 9.82. The van der Waals surface area contributed by atoms with E-state index in [-0.39, 0.29) is 11.5 Å². The molecule has 1 atom stereocenters. The van der Waals surface area contributed by atoms with Crippen LogP contribution in [0.3, 0.4) is 0 Å². The molecule has 0 N–H and O–H groups in total. The van der Waals surface area contributed by atoms with E-state index >= 15 is 0 Å². The predicted molar refractivity (Wildman–Crippen MR) is 83.9 cm³/mol. The number of carbonyl (C=O) groups excluding carboxylic acids is 1. The van der Waals surface area contributed by atoms with E-state index < -0.39 is 12.0 Å². The normalized spacial score (nSPS) is 12.9. The standard InChI is InChI=1S/C15H20N2O3S/c1-8(2)6-20-15(19)10(4)17-7-16-13-12(14(17)18)9(3)11(5)21-13/h7-8,10H,6H2,1-5H3. The number of hydrogen-bond donors (Lipinski definition) is 0. The van der Waals surface area contributed by atoms with Crippen LogP contribution in [0.1, 0.15) is 37.3 Å². The second kappa shape index (κ2) is 5.97. The SMILES string of the molecule is Cc1sc2ncn(C(C)C(=O)OCC(C)C)c(=O)c2c1C. The second-order valence-corrected chi connectivity index (χ2v) is 6.82. The van der Waals surface area contributed by atoms with Crippen molar-refractivity contribution in [1.82, 2.24) is 9.55 Å². The average molecular weight is 308 g/mol. The van der Waals surface area contributed by atoms with Gasteiger partial charge in [0.1, 0.15) is 10.9 Å². The molecular formula is C15H20N2O3S. The highest BCUT2D eigenvalue weighted by Gasteiger charge is 2.21. The van der Waals surface area contributed by atoms with Crippen LogP contribution in [0.15, 0.2) is 11.1 Å². The maximum absolute atomic E-state index is 12.6. The molecule has 2 heterocycles. The molecule has 2 aromatic rings. The summed E-state index contributed by atoms with van der Waals surface area (Å²) < 4.78 is 6.55. The summed E-state index contributed by atoms with van der Waals surface area (Å²) in [4.78, 5) is 30.7. The van der Waals surface area contributed by atoms with Gasteiger partial charge in [-0.05, 0) is 32.3 Å². The van der Waals surface area contributed by atoms with Crippen molar-refractivity contribution >= 4 is 27.5 Å². The molecule has 21 heavy (non-hydrogen) atoms. The molecular weight excluding hydrogens is 288 g/mol. The number of esters is 1. The lowest BCUT2D eigenvalue weighted by Crippen LogP contribution is -2.30. The molecule has 2 aromatic heterocycles. The van der Waals surface area contributed by atoms with E-state index in [1.807, 2.05) is 27.7 Å². The molecule has 0 aliphatic carbocycles. The van der Waals surface area contributed by atoms with E-state index in [9.17, 15) is 9.59 Å². The van der Waals surface area contributed by atoms with E-state index in [1.165, 1.54) is 22.2 Å². The fraction of sp³-hybridized carbons (Fsp3) is 0.533. The van der Waals surface area contributed by atoms with Crippen LogP contribution in [-0.4, -0.2) is 22.1 Å². The van der Waals surface area contributed by atoms with E-state index in [2.05, 4.69) is 4.98 Å². The first kappa shape index (κ1) is 15.7. The minimum atomic E-state index is -0.673. The summed E-state index contributed by atoms with van der Waals surface area (Å²) in [5.74, 6) is -0.142. The molecule has 0 spiro atoms. The molecule has 1 unspecified atom stereocenters. The van der Waals surface area contributed by atoms with Crippen LogP contribution >= 0.6 is 11.3 Å². The number of hydrogen-bond acceptors (Lipinski definition) is 5. The molecule has 0 saturated carbocycles. The minimum absolute atomic E-state index is 0.184. The zero-order chi connectivity index (χ0) is 15.7. The van der Waals surface area contributed by atoms with Crippen LogP contribution in [-0.2, 0) is 9.53 Å². The summed E-state index contributed by atoms with van der Waals surface area (Å²) in [7, 11) is 0. The van der Waals surface area contributed by atoms with Gasteiger partial charge in [0, 0.05) is 4.88 Å². The molecule has 0 radical (unpaired) electrons. The fourth-order valence-electron chi connectivity index (χ4n) is 2.01. The van der Waals surface area contributed by atoms with Crippen LogP contribution in [0.25, 0.3) is 10.2 Å². The molecule has 0 fully saturated rings. The van der Waals surface area contributed by atoms with Crippen LogP contribution in [0.2, 0.25) is 0 Å². The monoisotopic (exact) mass is 308 g/mol. The molecule has 2 rings (SSSR count). The Morgan fingerprint density at radius 2 is 2.05 bits per heavy atom. The smallest absolute Gasteiger partial charge is 0.329 e. The van der Waals surface area contributed by atoms with Gasteiger partial charge in [-0.3, -0.25) is 9.36 Å². The summed E-state index contributed by atoms with van der Waals surface area (Å²) in [5.41, 5.74) is 0.750. The van der Waals surface area contributed by atoms with Crippen LogP contribution in [0, 0.1) is 19.8 Å². The first-order chi connectivity index (χ1) is 9.82. The first-order valence-corrected chi connectivity index (χ1v) is 7.78. The van der Waals surface area contributed by atoms with Crippen molar-refractivity contribution in [1.29, 1.82) is 0 Å². The lowest BCUT2D eigenvalue weighted by atomic mass is 10.2. The summed E-state index contributed by atoms with van der Waals surface area (Å²) >= 11 is 1.50. The largest absolute Gasteiger partial charge is 0.464 e. The predicted octanol–water partition coefficient (Wildman–Crippen LogP) is 2.84. The Balaban J connectivity index is 2.38. The molecule has 0 amide bonds. The topological polar surface area (TPSA) is 61.2 Å². The summed E-state index contributed by atoms with van der Waals surface area (Å²) in [6, 6.07) is -0.673. The number of carbonyl (C=O) groups is 1. The molecule has 5 nitrogen and oxygen atoms in total. The lowest BCUT2D eigenvalue weighted by Gasteiger charge is -2.15. The number of thiophene rings is 1. The van der Waals surface area contributed by atoms with E-state index in [0.717, 1.165) is 10.4 Å². The van der Waals surface area contributed by atoms with Gasteiger partial charge in [-0.1, -0.05) is 13.8 Å². The van der Waals surface area contributed by atoms with Crippen molar-refractivity contribution in [3.63, 3.8) is 0 Å². The van der Waals surface area contributed by atoms with Gasteiger partial charge in [0.05, 0.1) is 18.3 Å². The molecule has 0 aromatic carbocycles. The molecule has 0 aliphatic heterocycles. The quantitative estimate of drug-likeness (QED) is 0.815. The Morgan fingerprint density at radius 1 is 1.38 bits per heavy atom. The Hall–Kier alpha value is -1.69. The Morgan fingerprint density at radius 3 is 2.67 bits per heavy atom. The maximum Gasteiger partial charge on any atom is 0.329 e. The van der Waals surface area contributed by atoms with Crippen molar-refractivity contribution in [2.24, 2.45) is 5.92 Å². The third-order valence-electron chi connectivity index (χ3n) is 3.43. The number of aryl methyl sites for hydroxylation is 2. The number of fused-ring (bicyclic) bond motifs is 1. The van der Waals surface area contributed by atoms with Gasteiger partial charge in [-0.2, -0.15) is 0 Å². The minimum Gasteiger partial charge on any atom is -0.464 e. The van der Waals surface area contributed by atoms with Crippen molar-refractivity contribution in [3.05, 3.63) is 27.1 Å². The lowest BCUT2D eigenvalue weighted by molar-refractivity contribution is -0.148. The van der Waals surface area contributed by atoms with E-state index in [0.29, 0.717) is 16.8 Å². The van der Waals surface area contributed by atoms with Crippen molar-refractivity contribution < 1.29 is 9.53 Å². The van der Waals surface area contributed by atoms with Gasteiger partial charge < -0.3 is 4.74 Å². The number of aromatic nitrogens is 2. The van der Waals surface area contributed by atoms with Gasteiger partial charge in [-0.25, -0.2) is 9.78 Å². The zero-order valence-electron chi connectivity index (χ0n) is 13.0. The molecule has 114 valence electrons. The third kappa shape index (κ3) is 3.00. The highest BCUT2D eigenvalue weighted by Crippen LogP contribution is 2.25. The first-order valence-electron chi connectivity index (χ1n) is 6.96. The van der Waals surface area contributed by atoms with Crippen molar-refractivity contribution in [3.8, 4) is 0 Å². The van der Waals surface area contributed by atoms with Gasteiger partial charge in [0.15, 0.2) is 0 Å². The van der Waals surface area contributed by atoms with Gasteiger partial charge in [0.25, 0.3) is 5.56 Å². The maximum atomic E-state index is 12.6. The fourth-order valence-corrected chi connectivity index (χ4v) is 2.99. The van der Waals surface area contributed by atoms with Gasteiger partial charge in [0.2, 0.25) is 0 Å². The van der Waals surface area contributed by atoms with E-state index in [1.54, 1.807) is 6.92 Å².